The fourth-order valence-electron chi connectivity index (χ4n) is 4.11. The Morgan fingerprint density at radius 1 is 0.871 bits per heavy atom. The first-order valence-corrected chi connectivity index (χ1v) is 9.75. The minimum atomic E-state index is -1.42. The highest BCUT2D eigenvalue weighted by atomic mass is 16.5. The van der Waals surface area contributed by atoms with Crippen molar-refractivity contribution in [1.82, 2.24) is 5.32 Å². The monoisotopic (exact) mass is 424 g/mol. The van der Waals surface area contributed by atoms with E-state index < -0.39 is 47.5 Å². The Balaban J connectivity index is 1.94. The zero-order valence-corrected chi connectivity index (χ0v) is 17.5. The summed E-state index contributed by atoms with van der Waals surface area (Å²) < 4.78 is 9.36. The zero-order chi connectivity index (χ0) is 22.7. The largest absolute Gasteiger partial charge is 0.468 e. The lowest BCUT2D eigenvalue weighted by atomic mass is 9.86. The highest BCUT2D eigenvalue weighted by Crippen LogP contribution is 2.44. The number of hydrogen-bond donors (Lipinski definition) is 2. The minimum absolute atomic E-state index is 0.457. The predicted octanol–water partition coefficient (Wildman–Crippen LogP) is 1.37. The number of nitrogens with two attached hydrogens (primary N) is 1. The van der Waals surface area contributed by atoms with Gasteiger partial charge in [-0.1, -0.05) is 55.5 Å². The normalized spacial score (nSPS) is 14.2. The second-order valence-corrected chi connectivity index (χ2v) is 7.38. The van der Waals surface area contributed by atoms with Gasteiger partial charge >= 0.3 is 11.9 Å². The van der Waals surface area contributed by atoms with Crippen LogP contribution in [0.15, 0.2) is 48.5 Å². The van der Waals surface area contributed by atoms with Crippen LogP contribution in [0.1, 0.15) is 24.0 Å². The number of primary amides is 1. The van der Waals surface area contributed by atoms with Gasteiger partial charge in [-0.05, 0) is 22.3 Å². The summed E-state index contributed by atoms with van der Waals surface area (Å²) in [5.41, 5.74) is 9.01. The van der Waals surface area contributed by atoms with Gasteiger partial charge in [0.25, 0.3) is 0 Å². The van der Waals surface area contributed by atoms with Crippen molar-refractivity contribution in [2.75, 3.05) is 14.2 Å². The van der Waals surface area contributed by atoms with Gasteiger partial charge in [-0.2, -0.15) is 0 Å². The fourth-order valence-corrected chi connectivity index (χ4v) is 4.11. The smallest absolute Gasteiger partial charge is 0.320 e. The molecule has 0 radical (unpaired) electrons. The molecule has 0 bridgehead atoms. The molecule has 1 aliphatic rings. The number of hydrogen-bond acceptors (Lipinski definition) is 6. The first kappa shape index (κ1) is 22.0. The summed E-state index contributed by atoms with van der Waals surface area (Å²) in [6.07, 6.45) is 0. The number of ether oxygens (including phenoxy) is 2. The molecule has 0 saturated carbocycles. The lowest BCUT2D eigenvalue weighted by molar-refractivity contribution is -0.162. The van der Waals surface area contributed by atoms with Crippen molar-refractivity contribution in [3.63, 3.8) is 0 Å². The van der Waals surface area contributed by atoms with E-state index in [-0.39, 0.29) is 0 Å². The van der Waals surface area contributed by atoms with Crippen molar-refractivity contribution in [2.24, 2.45) is 17.6 Å². The van der Waals surface area contributed by atoms with Gasteiger partial charge in [0.2, 0.25) is 11.8 Å². The lowest BCUT2D eigenvalue weighted by Gasteiger charge is -2.28. The number of nitrogens with one attached hydrogen (secondary N) is 1. The summed E-state index contributed by atoms with van der Waals surface area (Å²) in [5, 5.41) is 2.65. The van der Waals surface area contributed by atoms with E-state index in [1.165, 1.54) is 6.92 Å². The van der Waals surface area contributed by atoms with Crippen LogP contribution in [0.4, 0.5) is 0 Å². The fraction of sp³-hybridized carbons (Fsp3) is 0.304. The summed E-state index contributed by atoms with van der Waals surface area (Å²) in [4.78, 5) is 49.9. The average Bonchev–Trinajstić information content (AvgIpc) is 3.11. The van der Waals surface area contributed by atoms with Gasteiger partial charge in [-0.25, -0.2) is 0 Å². The molecule has 0 saturated heterocycles. The van der Waals surface area contributed by atoms with Crippen molar-refractivity contribution >= 4 is 23.8 Å². The van der Waals surface area contributed by atoms with E-state index in [1.807, 2.05) is 48.5 Å². The van der Waals surface area contributed by atoms with Crippen LogP contribution in [0.25, 0.3) is 11.1 Å². The number of fused-ring (bicyclic) bond motifs is 3. The highest BCUT2D eigenvalue weighted by molar-refractivity contribution is 6.00. The summed E-state index contributed by atoms with van der Waals surface area (Å²) in [6.45, 7) is 1.46. The first-order chi connectivity index (χ1) is 14.8. The number of benzene rings is 2. The van der Waals surface area contributed by atoms with E-state index in [0.29, 0.717) is 0 Å². The Morgan fingerprint density at radius 3 is 1.74 bits per heavy atom. The van der Waals surface area contributed by atoms with Crippen LogP contribution < -0.4 is 11.1 Å². The number of rotatable bonds is 7. The van der Waals surface area contributed by atoms with E-state index in [4.69, 9.17) is 5.73 Å². The third-order valence-corrected chi connectivity index (χ3v) is 5.66. The SMILES string of the molecule is COC(=O)C(C(=O)OC)[C@H](C)[C@H](NC(=O)C1c2ccccc2-c2ccccc21)C(N)=O. The van der Waals surface area contributed by atoms with Crippen LogP contribution in [0, 0.1) is 11.8 Å². The maximum Gasteiger partial charge on any atom is 0.320 e. The Kier molecular flexibility index (Phi) is 6.39. The molecule has 0 heterocycles. The van der Waals surface area contributed by atoms with Crippen LogP contribution in [-0.2, 0) is 28.7 Å². The van der Waals surface area contributed by atoms with Crippen LogP contribution in [-0.4, -0.2) is 44.0 Å². The Morgan fingerprint density at radius 2 is 1.32 bits per heavy atom. The second kappa shape index (κ2) is 8.99. The second-order valence-electron chi connectivity index (χ2n) is 7.38. The third-order valence-electron chi connectivity index (χ3n) is 5.66. The third kappa shape index (κ3) is 4.01. The van der Waals surface area contributed by atoms with E-state index in [1.54, 1.807) is 0 Å². The quantitative estimate of drug-likeness (QED) is 0.511. The first-order valence-electron chi connectivity index (χ1n) is 9.75. The molecule has 8 nitrogen and oxygen atoms in total. The van der Waals surface area contributed by atoms with E-state index in [9.17, 15) is 19.2 Å². The minimum Gasteiger partial charge on any atom is -0.468 e. The molecular weight excluding hydrogens is 400 g/mol. The zero-order valence-electron chi connectivity index (χ0n) is 17.5. The molecule has 3 N–H and O–H groups in total. The maximum absolute atomic E-state index is 13.3. The van der Waals surface area contributed by atoms with E-state index in [0.717, 1.165) is 36.5 Å². The highest BCUT2D eigenvalue weighted by Gasteiger charge is 2.43. The van der Waals surface area contributed by atoms with E-state index in [2.05, 4.69) is 14.8 Å². The molecule has 162 valence electrons. The van der Waals surface area contributed by atoms with Crippen molar-refractivity contribution in [3.05, 3.63) is 59.7 Å². The molecule has 0 fully saturated rings. The molecule has 0 aromatic heterocycles. The molecule has 31 heavy (non-hydrogen) atoms. The molecule has 2 amide bonds. The van der Waals surface area contributed by atoms with Gasteiger partial charge in [0, 0.05) is 5.92 Å². The summed E-state index contributed by atoms with van der Waals surface area (Å²) >= 11 is 0. The Hall–Kier alpha value is -3.68. The van der Waals surface area contributed by atoms with Crippen LogP contribution in [0.5, 0.6) is 0 Å². The van der Waals surface area contributed by atoms with Crippen LogP contribution in [0.3, 0.4) is 0 Å². The van der Waals surface area contributed by atoms with Crippen LogP contribution in [0.2, 0.25) is 0 Å². The topological polar surface area (TPSA) is 125 Å². The molecule has 2 aromatic rings. The molecule has 1 aliphatic carbocycles. The van der Waals surface area contributed by atoms with Crippen molar-refractivity contribution in [3.8, 4) is 11.1 Å². The maximum atomic E-state index is 13.3. The molecule has 0 unspecified atom stereocenters. The summed E-state index contributed by atoms with van der Waals surface area (Å²) in [5.74, 6) is -6.16. The Labute approximate surface area is 179 Å². The number of esters is 2. The average molecular weight is 424 g/mol. The molecule has 0 spiro atoms. The van der Waals surface area contributed by atoms with Gasteiger partial charge in [0.1, 0.15) is 6.04 Å². The van der Waals surface area contributed by atoms with Crippen molar-refractivity contribution in [1.29, 1.82) is 0 Å². The van der Waals surface area contributed by atoms with Gasteiger partial charge in [0.05, 0.1) is 20.1 Å². The molecule has 3 rings (SSSR count). The van der Waals surface area contributed by atoms with Gasteiger partial charge in [-0.3, -0.25) is 19.2 Å². The predicted molar refractivity (Wildman–Crippen MR) is 112 cm³/mol. The molecule has 2 aromatic carbocycles. The standard InChI is InChI=1S/C23H24N2O6/c1-12(17(22(28)30-2)23(29)31-3)19(20(24)26)25-21(27)18-15-10-6-4-8-13(15)14-9-5-7-11-16(14)18/h4-12,17-19H,1-3H3,(H2,24,26)(H,25,27)/t12-,19-/m0/s1. The van der Waals surface area contributed by atoms with Gasteiger partial charge in [-0.15, -0.1) is 0 Å². The van der Waals surface area contributed by atoms with Gasteiger partial charge < -0.3 is 20.5 Å². The molecule has 0 aliphatic heterocycles. The molecular formula is C23H24N2O6. The number of carbonyl (C=O) groups excluding carboxylic acids is 4. The number of methoxy groups -OCH3 is 2. The number of carbonyl (C=O) groups is 4. The molecule has 8 heteroatoms. The van der Waals surface area contributed by atoms with Crippen LogP contribution >= 0.6 is 0 Å². The Bertz CT molecular complexity index is 973. The van der Waals surface area contributed by atoms with Gasteiger partial charge in [0.15, 0.2) is 5.92 Å². The van der Waals surface area contributed by atoms with Crippen molar-refractivity contribution < 1.29 is 28.7 Å². The van der Waals surface area contributed by atoms with Crippen molar-refractivity contribution in [2.45, 2.75) is 18.9 Å². The molecule has 2 atom stereocenters. The summed E-state index contributed by atoms with van der Waals surface area (Å²) in [7, 11) is 2.24. The number of amides is 2. The summed E-state index contributed by atoms with van der Waals surface area (Å²) in [6, 6.07) is 13.7. The lowest BCUT2D eigenvalue weighted by Crippen LogP contribution is -2.53. The van der Waals surface area contributed by atoms with E-state index >= 15 is 0 Å².